The molecular weight excluding hydrogens is 1080 g/mol. The Bertz CT molecular complexity index is 1470. The Labute approximate surface area is 550 Å². The molecule has 2 unspecified atom stereocenters. The van der Waals surface area contributed by atoms with Crippen molar-refractivity contribution in [3.63, 3.8) is 0 Å². The number of carbonyl (C=O) groups is 2. The van der Waals surface area contributed by atoms with Crippen molar-refractivity contribution in [1.82, 2.24) is 5.32 Å². The van der Waals surface area contributed by atoms with E-state index in [2.05, 4.69) is 55.6 Å². The van der Waals surface area contributed by atoms with Crippen molar-refractivity contribution in [2.45, 2.75) is 450 Å². The molecule has 3 N–H and O–H groups in total. The zero-order valence-electron chi connectivity index (χ0n) is 59.5. The molecule has 6 heteroatoms. The van der Waals surface area contributed by atoms with Crippen LogP contribution >= 0.6 is 0 Å². The number of hydrogen-bond acceptors (Lipinski definition) is 5. The summed E-state index contributed by atoms with van der Waals surface area (Å²) >= 11 is 0. The van der Waals surface area contributed by atoms with Gasteiger partial charge < -0.3 is 20.3 Å². The van der Waals surface area contributed by atoms with E-state index in [-0.39, 0.29) is 18.5 Å². The van der Waals surface area contributed by atoms with Gasteiger partial charge in [0.1, 0.15) is 0 Å². The maximum absolute atomic E-state index is 12.5. The van der Waals surface area contributed by atoms with Gasteiger partial charge in [-0.25, -0.2) is 0 Å². The topological polar surface area (TPSA) is 95.9 Å². The molecule has 2 atom stereocenters. The fourth-order valence-corrected chi connectivity index (χ4v) is 12.5. The Kier molecular flexibility index (Phi) is 75.4. The third-order valence-corrected chi connectivity index (χ3v) is 18.6. The highest BCUT2D eigenvalue weighted by molar-refractivity contribution is 5.76. The summed E-state index contributed by atoms with van der Waals surface area (Å²) in [4.78, 5) is 24.6. The first-order valence-corrected chi connectivity index (χ1v) is 39.9. The van der Waals surface area contributed by atoms with Gasteiger partial charge in [-0.2, -0.15) is 0 Å². The predicted molar refractivity (Wildman–Crippen MR) is 389 cm³/mol. The van der Waals surface area contributed by atoms with E-state index in [0.29, 0.717) is 19.4 Å². The predicted octanol–water partition coefficient (Wildman–Crippen LogP) is 26.4. The number of ether oxygens (including phenoxy) is 1. The molecule has 88 heavy (non-hydrogen) atoms. The summed E-state index contributed by atoms with van der Waals surface area (Å²) in [5.74, 6) is -0.0500. The van der Waals surface area contributed by atoms with Crippen molar-refractivity contribution < 1.29 is 24.5 Å². The smallest absolute Gasteiger partial charge is 0.305 e. The summed E-state index contributed by atoms with van der Waals surface area (Å²) in [6.45, 7) is 4.93. The van der Waals surface area contributed by atoms with Gasteiger partial charge in [0.05, 0.1) is 25.4 Å². The van der Waals surface area contributed by atoms with Crippen molar-refractivity contribution in [3.05, 3.63) is 48.6 Å². The molecule has 1 amide bonds. The largest absolute Gasteiger partial charge is 0.466 e. The monoisotopic (exact) mass is 1230 g/mol. The van der Waals surface area contributed by atoms with Crippen LogP contribution in [0.2, 0.25) is 0 Å². The van der Waals surface area contributed by atoms with E-state index in [1.165, 1.54) is 360 Å². The van der Waals surface area contributed by atoms with Crippen molar-refractivity contribution >= 4 is 11.9 Å². The summed E-state index contributed by atoms with van der Waals surface area (Å²) in [5, 5.41) is 23.3. The first-order chi connectivity index (χ1) is 43.5. The van der Waals surface area contributed by atoms with Gasteiger partial charge in [0.2, 0.25) is 5.91 Å². The second-order valence-corrected chi connectivity index (χ2v) is 27.4. The summed E-state index contributed by atoms with van der Waals surface area (Å²) < 4.78 is 5.49. The van der Waals surface area contributed by atoms with Gasteiger partial charge in [-0.3, -0.25) is 9.59 Å². The highest BCUT2D eigenvalue weighted by atomic mass is 16.5. The number of hydrogen-bond donors (Lipinski definition) is 3. The minimum Gasteiger partial charge on any atom is -0.466 e. The molecule has 0 rings (SSSR count). The van der Waals surface area contributed by atoms with Crippen molar-refractivity contribution in [2.75, 3.05) is 13.2 Å². The second-order valence-electron chi connectivity index (χ2n) is 27.4. The molecule has 0 spiro atoms. The second kappa shape index (κ2) is 77.3. The zero-order chi connectivity index (χ0) is 63.5. The van der Waals surface area contributed by atoms with Crippen LogP contribution in [0.25, 0.3) is 0 Å². The van der Waals surface area contributed by atoms with Crippen LogP contribution in [-0.4, -0.2) is 47.4 Å². The van der Waals surface area contributed by atoms with Gasteiger partial charge in [0.25, 0.3) is 0 Å². The maximum atomic E-state index is 12.5. The lowest BCUT2D eigenvalue weighted by atomic mass is 10.0. The van der Waals surface area contributed by atoms with E-state index < -0.39 is 12.1 Å². The Morgan fingerprint density at radius 1 is 0.318 bits per heavy atom. The molecule has 0 aromatic carbocycles. The van der Waals surface area contributed by atoms with Crippen LogP contribution in [0.5, 0.6) is 0 Å². The SMILES string of the molecule is CCCCCC/C=C\CCCCCCCC(=O)OCCCCCCCCCCCCCCCCC/C=C\C/C=C\CCCCCCCCCCCCCCCCCCCC(=O)NC(CO)C(O)/C=C/CCCCCCCCCCCCCCCCCCC. The normalized spacial score (nSPS) is 12.7. The lowest BCUT2D eigenvalue weighted by Gasteiger charge is -2.20. The third-order valence-electron chi connectivity index (χ3n) is 18.6. The van der Waals surface area contributed by atoms with Gasteiger partial charge in [0.15, 0.2) is 0 Å². The number of aliphatic hydroxyl groups is 2. The van der Waals surface area contributed by atoms with Crippen LogP contribution in [-0.2, 0) is 14.3 Å². The number of nitrogens with one attached hydrogen (secondary N) is 1. The minimum atomic E-state index is -0.843. The number of esters is 1. The van der Waals surface area contributed by atoms with E-state index >= 15 is 0 Å². The third kappa shape index (κ3) is 72.9. The van der Waals surface area contributed by atoms with Crippen LogP contribution in [0.15, 0.2) is 48.6 Å². The molecule has 6 nitrogen and oxygen atoms in total. The molecule has 0 aromatic rings. The number of unbranched alkanes of at least 4 members (excludes halogenated alkanes) is 58. The van der Waals surface area contributed by atoms with Crippen LogP contribution in [0.1, 0.15) is 438 Å². The van der Waals surface area contributed by atoms with Gasteiger partial charge >= 0.3 is 5.97 Å². The highest BCUT2D eigenvalue weighted by Gasteiger charge is 2.18. The number of allylic oxidation sites excluding steroid dienone is 7. The Hall–Kier alpha value is -2.18. The van der Waals surface area contributed by atoms with E-state index in [4.69, 9.17) is 4.74 Å². The molecule has 0 aromatic heterocycles. The average Bonchev–Trinajstić information content (AvgIpc) is 3.59. The number of rotatable bonds is 75. The summed E-state index contributed by atoms with van der Waals surface area (Å²) in [6.07, 6.45) is 102. The van der Waals surface area contributed by atoms with Crippen LogP contribution in [0, 0.1) is 0 Å². The maximum Gasteiger partial charge on any atom is 0.305 e. The summed E-state index contributed by atoms with van der Waals surface area (Å²) in [5.41, 5.74) is 0. The van der Waals surface area contributed by atoms with Gasteiger partial charge in [-0.15, -0.1) is 0 Å². The lowest BCUT2D eigenvalue weighted by molar-refractivity contribution is -0.143. The van der Waals surface area contributed by atoms with Gasteiger partial charge in [-0.05, 0) is 89.9 Å². The van der Waals surface area contributed by atoms with E-state index in [1.54, 1.807) is 6.08 Å². The van der Waals surface area contributed by atoms with Crippen LogP contribution < -0.4 is 5.32 Å². The fourth-order valence-electron chi connectivity index (χ4n) is 12.5. The Balaban J connectivity index is 3.37. The van der Waals surface area contributed by atoms with E-state index in [0.717, 1.165) is 51.4 Å². The van der Waals surface area contributed by atoms with Gasteiger partial charge in [-0.1, -0.05) is 383 Å². The van der Waals surface area contributed by atoms with Gasteiger partial charge in [0, 0.05) is 12.8 Å². The van der Waals surface area contributed by atoms with Crippen LogP contribution in [0.4, 0.5) is 0 Å². The van der Waals surface area contributed by atoms with Crippen molar-refractivity contribution in [3.8, 4) is 0 Å². The first-order valence-electron chi connectivity index (χ1n) is 39.9. The highest BCUT2D eigenvalue weighted by Crippen LogP contribution is 2.19. The summed E-state index contributed by atoms with van der Waals surface area (Å²) in [6, 6.07) is -0.627. The average molecular weight is 1240 g/mol. The molecule has 0 aliphatic carbocycles. The number of amides is 1. The standard InChI is InChI=1S/C82H155NO5/c1-3-5-7-9-11-13-15-17-18-19-41-44-47-51-54-58-62-66-70-74-80(85)79(78-84)83-81(86)75-71-67-63-59-55-52-48-45-42-39-37-35-33-31-29-27-25-23-21-20-22-24-26-28-30-32-34-36-38-40-43-46-49-53-57-61-65-69-73-77-88-82(87)76-72-68-64-60-56-50-16-14-12-10-8-6-4-2/h14,16,20-21,24,26,70,74,79-80,84-85H,3-13,15,17-19,22-23,25,27-69,71-73,75-78H2,1-2H3,(H,83,86)/b16-14-,21-20-,26-24-,74-70+. The molecule has 0 saturated carbocycles. The van der Waals surface area contributed by atoms with Crippen molar-refractivity contribution in [1.29, 1.82) is 0 Å². The molecule has 0 aliphatic rings. The minimum absolute atomic E-state index is 0.0112. The molecule has 0 saturated heterocycles. The zero-order valence-corrected chi connectivity index (χ0v) is 59.5. The lowest BCUT2D eigenvalue weighted by Crippen LogP contribution is -2.45. The molecule has 0 aliphatic heterocycles. The van der Waals surface area contributed by atoms with Crippen LogP contribution in [0.3, 0.4) is 0 Å². The fraction of sp³-hybridized carbons (Fsp3) is 0.878. The van der Waals surface area contributed by atoms with E-state index in [9.17, 15) is 19.8 Å². The molecule has 0 radical (unpaired) electrons. The Morgan fingerprint density at radius 2 is 0.568 bits per heavy atom. The Morgan fingerprint density at radius 3 is 0.886 bits per heavy atom. The van der Waals surface area contributed by atoms with E-state index in [1.807, 2.05) is 6.08 Å². The molecule has 0 bridgehead atoms. The quantitative estimate of drug-likeness (QED) is 0.0320. The number of carbonyl (C=O) groups excluding carboxylic acids is 2. The summed E-state index contributed by atoms with van der Waals surface area (Å²) in [7, 11) is 0. The molecular formula is C82H155NO5. The molecule has 0 fully saturated rings. The first kappa shape index (κ1) is 85.8. The molecule has 0 heterocycles. The van der Waals surface area contributed by atoms with Crippen molar-refractivity contribution in [2.24, 2.45) is 0 Å². The number of aliphatic hydroxyl groups excluding tert-OH is 2. The molecule has 518 valence electrons.